The molecule has 23 heteroatoms. The van der Waals surface area contributed by atoms with E-state index in [9.17, 15) is 59.8 Å². The van der Waals surface area contributed by atoms with Crippen LogP contribution in [0.3, 0.4) is 0 Å². The number of urea groups is 1. The van der Waals surface area contributed by atoms with Crippen molar-refractivity contribution in [2.45, 2.75) is 217 Å². The molecule has 5 aromatic rings. The van der Waals surface area contributed by atoms with Crippen LogP contribution in [0.15, 0.2) is 166 Å². The van der Waals surface area contributed by atoms with E-state index in [-0.39, 0.29) is 66.2 Å². The molecule has 105 heavy (non-hydrogen) atoms. The first kappa shape index (κ1) is 78.6. The maximum atomic E-state index is 14.5. The molecule has 5 aliphatic rings. The summed E-state index contributed by atoms with van der Waals surface area (Å²) < 4.78 is 79.2. The summed E-state index contributed by atoms with van der Waals surface area (Å²) in [6.45, 7) is 19.2. The number of ketones is 2. The number of carboxylic acids is 1. The number of nitrogens with one attached hydrogen (secondary N) is 3. The van der Waals surface area contributed by atoms with Crippen molar-refractivity contribution in [1.29, 1.82) is 0 Å². The zero-order chi connectivity index (χ0) is 75.8. The molecule has 0 unspecified atom stereocenters. The van der Waals surface area contributed by atoms with Crippen molar-refractivity contribution in [3.8, 4) is 5.75 Å². The van der Waals surface area contributed by atoms with Crippen molar-refractivity contribution in [2.24, 2.45) is 5.41 Å². The zero-order valence-electron chi connectivity index (χ0n) is 61.9. The van der Waals surface area contributed by atoms with Crippen molar-refractivity contribution in [2.75, 3.05) is 46.2 Å². The van der Waals surface area contributed by atoms with Gasteiger partial charge in [0.05, 0.1) is 33.1 Å². The molecule has 560 valence electrons. The maximum Gasteiger partial charge on any atom is 0.326 e. The summed E-state index contributed by atoms with van der Waals surface area (Å²) in [4.78, 5) is 87.3. The van der Waals surface area contributed by atoms with Crippen molar-refractivity contribution in [1.82, 2.24) is 10.6 Å². The lowest BCUT2D eigenvalue weighted by Gasteiger charge is -2.37. The Labute approximate surface area is 618 Å². The maximum absolute atomic E-state index is 14.5. The fourth-order valence-corrected chi connectivity index (χ4v) is 16.0. The molecule has 2 aliphatic carbocycles. The molecule has 3 aliphatic heterocycles. The van der Waals surface area contributed by atoms with Gasteiger partial charge in [-0.15, -0.1) is 0 Å². The molecule has 1 fully saturated rings. The average molecular weight is 1470 g/mol. The topological polar surface area (TPSA) is 289 Å². The normalized spacial score (nSPS) is 18.6. The predicted octanol–water partition coefficient (Wildman–Crippen LogP) is 15.1. The Balaban J connectivity index is 0.812. The molecule has 5 aromatic carbocycles. The lowest BCUT2D eigenvalue weighted by Crippen LogP contribution is -2.55. The van der Waals surface area contributed by atoms with Gasteiger partial charge in [-0.3, -0.25) is 28.3 Å². The number of amides is 4. The molecule has 0 radical (unpaired) electrons. The average Bonchev–Trinajstić information content (AvgIpc) is 1.59. The molecule has 0 saturated heterocycles. The summed E-state index contributed by atoms with van der Waals surface area (Å²) in [7, 11) is -8.98. The lowest BCUT2D eigenvalue weighted by molar-refractivity contribution is -0.438. The van der Waals surface area contributed by atoms with Crippen molar-refractivity contribution >= 4 is 89.8 Å². The number of carbonyl (C=O) groups excluding carboxylic acids is 5. The highest BCUT2D eigenvalue weighted by Gasteiger charge is 2.46. The Hall–Kier alpha value is -9.03. The number of para-hydroxylation sites is 2. The minimum absolute atomic E-state index is 0.0410. The molecule has 4 amide bonds. The van der Waals surface area contributed by atoms with E-state index in [0.717, 1.165) is 121 Å². The van der Waals surface area contributed by atoms with Gasteiger partial charge in [-0.2, -0.15) is 21.4 Å². The molecule has 2 atom stereocenters. The predicted molar refractivity (Wildman–Crippen MR) is 409 cm³/mol. The second-order valence-corrected chi connectivity index (χ2v) is 33.2. The number of carboxylic acid groups (broad SMARTS) is 1. The summed E-state index contributed by atoms with van der Waals surface area (Å²) in [5.74, 6) is -1.42. The van der Waals surface area contributed by atoms with E-state index in [1.807, 2.05) is 72.7 Å². The summed E-state index contributed by atoms with van der Waals surface area (Å²) in [5.41, 5.74) is 7.51. The molecule has 21 nitrogen and oxygen atoms in total. The quantitative estimate of drug-likeness (QED) is 0.0112. The highest BCUT2D eigenvalue weighted by Crippen LogP contribution is 2.50. The summed E-state index contributed by atoms with van der Waals surface area (Å²) in [6, 6.07) is 27.7. The van der Waals surface area contributed by atoms with Gasteiger partial charge in [0, 0.05) is 96.0 Å². The molecular formula is C82H102N7O14S2+. The molecule has 0 bridgehead atoms. The first-order chi connectivity index (χ1) is 49.8. The Morgan fingerprint density at radius 1 is 0.705 bits per heavy atom. The number of benzene rings is 5. The van der Waals surface area contributed by atoms with E-state index in [1.54, 1.807) is 72.8 Å². The number of allylic oxidation sites excluding steroid dienone is 7. The smallest absolute Gasteiger partial charge is 0.326 e. The standard InChI is InChI=1S/C82H101N7O14S2/c1-10-12-21-47-87-68-43-41-62(105(100,101)102)51-64(68)82(8,9)73(87)45-37-56-25-22-24-55(36-44-72-81(6,7)63-50-61(104(97,98)99)40-42-67(63)86(72)46-13-11-2)76(56)103-60-38-34-54(35-39-60)48-65(78(94)95)84-75(92)33-20-19-32-71(90)57-26-23-27-58(49-57)83-79(96)85-66-52-88(59-28-15-14-16-29-59)69-30-17-18-31-70(69)89(77(66)93)53-74(91)80(3,4)5/h17-18,23,26-27,30-31,34-45,49-51,59,65-66H,10-16,19-22,24-25,28-29,32-33,46-48,52-53H2,1-9H3,(H5-,83,84,85,92,94,95,96,97,98,99,100,101,102)/p+1/t65-,66+/m0/s1. The summed E-state index contributed by atoms with van der Waals surface area (Å²) in [5, 5.41) is 18.8. The lowest BCUT2D eigenvalue weighted by atomic mass is 9.81. The Morgan fingerprint density at radius 2 is 1.38 bits per heavy atom. The number of anilines is 4. The minimum Gasteiger partial charge on any atom is -0.480 e. The van der Waals surface area contributed by atoms with E-state index in [4.69, 9.17) is 4.74 Å². The van der Waals surface area contributed by atoms with Crippen molar-refractivity contribution in [3.63, 3.8) is 0 Å². The van der Waals surface area contributed by atoms with Crippen LogP contribution in [0.25, 0.3) is 0 Å². The van der Waals surface area contributed by atoms with Crippen LogP contribution in [0.1, 0.15) is 199 Å². The molecular weight excluding hydrogens is 1370 g/mol. The van der Waals surface area contributed by atoms with Gasteiger partial charge in [-0.1, -0.05) is 123 Å². The van der Waals surface area contributed by atoms with E-state index in [2.05, 4.69) is 68.5 Å². The largest absolute Gasteiger partial charge is 0.480 e. The van der Waals surface area contributed by atoms with Gasteiger partial charge in [-0.25, -0.2) is 9.59 Å². The molecule has 6 N–H and O–H groups in total. The van der Waals surface area contributed by atoms with E-state index < -0.39 is 72.4 Å². The van der Waals surface area contributed by atoms with Gasteiger partial charge in [0.15, 0.2) is 17.3 Å². The van der Waals surface area contributed by atoms with Gasteiger partial charge < -0.3 is 40.5 Å². The number of nitrogens with zero attached hydrogens (tertiary/aromatic N) is 4. The molecule has 10 rings (SSSR count). The summed E-state index contributed by atoms with van der Waals surface area (Å²) >= 11 is 0. The number of ether oxygens (including phenoxy) is 1. The van der Waals surface area contributed by atoms with E-state index in [1.165, 1.54) is 17.0 Å². The van der Waals surface area contributed by atoms with Gasteiger partial charge in [-0.05, 0) is 173 Å². The Kier molecular flexibility index (Phi) is 24.8. The van der Waals surface area contributed by atoms with E-state index >= 15 is 0 Å². The van der Waals surface area contributed by atoms with Gasteiger partial charge in [0.25, 0.3) is 26.1 Å². The number of hydrogen-bond acceptors (Lipinski definition) is 13. The third kappa shape index (κ3) is 18.6. The zero-order valence-corrected chi connectivity index (χ0v) is 63.6. The Bertz CT molecular complexity index is 4540. The van der Waals surface area contributed by atoms with Crippen molar-refractivity contribution < 1.29 is 69.1 Å². The van der Waals surface area contributed by atoms with Crippen LogP contribution in [0, 0.1) is 5.41 Å². The first-order valence-electron chi connectivity index (χ1n) is 37.0. The van der Waals surface area contributed by atoms with Crippen molar-refractivity contribution in [3.05, 3.63) is 178 Å². The number of carbonyl (C=O) groups is 6. The number of hydrogen-bond donors (Lipinski definition) is 6. The van der Waals surface area contributed by atoms with Crippen LogP contribution in [0.5, 0.6) is 5.75 Å². The molecule has 0 spiro atoms. The number of Topliss-reactive ketones (excluding diaryl/α,β-unsaturated/α-hetero) is 2. The molecule has 3 heterocycles. The second kappa shape index (κ2) is 33.2. The third-order valence-electron chi connectivity index (χ3n) is 21.0. The van der Waals surface area contributed by atoms with Gasteiger partial charge >= 0.3 is 12.0 Å². The van der Waals surface area contributed by atoms with Gasteiger partial charge in [0.1, 0.15) is 30.1 Å². The van der Waals surface area contributed by atoms with Crippen LogP contribution in [0.4, 0.5) is 33.2 Å². The van der Waals surface area contributed by atoms with E-state index in [0.29, 0.717) is 66.4 Å². The monoisotopic (exact) mass is 1470 g/mol. The van der Waals surface area contributed by atoms with Crippen LogP contribution in [0.2, 0.25) is 0 Å². The highest BCUT2D eigenvalue weighted by atomic mass is 32.2. The third-order valence-corrected chi connectivity index (χ3v) is 22.7. The molecule has 1 saturated carbocycles. The van der Waals surface area contributed by atoms with Gasteiger partial charge in [0.2, 0.25) is 11.6 Å². The minimum atomic E-state index is -4.49. The second-order valence-electron chi connectivity index (χ2n) is 30.4. The SMILES string of the molecule is CCCCC[N+]1=C(/C=C/C2=C(Oc3ccc(C[C@H](NC(=O)CCCCC(=O)c4cccc(NC(=O)N[C@@H]5CN(C6CCCCC6)c6ccccc6N(CC(=O)C(C)(C)C)C5=O)c4)C(=O)O)cc3)C(=C/C=C3/N(CCCC)c4ccc(S(=O)(=O)O)cc4C3(C)C)/CCC2)C(C)(C)c2cc(S(=O)(=O)O)ccc21. The fraction of sp³-hybridized carbons (Fsp3) is 0.451. The fourth-order valence-electron chi connectivity index (χ4n) is 15.0. The van der Waals surface area contributed by atoms with Crippen LogP contribution in [-0.2, 0) is 56.7 Å². The van der Waals surface area contributed by atoms with Crippen LogP contribution >= 0.6 is 0 Å². The number of rotatable bonds is 29. The first-order valence-corrected chi connectivity index (χ1v) is 39.9. The summed E-state index contributed by atoms with van der Waals surface area (Å²) in [6.07, 6.45) is 20.6. The number of fused-ring (bicyclic) bond motifs is 3. The number of unbranched alkanes of at least 4 members (excludes halogenated alkanes) is 4. The highest BCUT2D eigenvalue weighted by molar-refractivity contribution is 7.86. The number of aliphatic carboxylic acids is 1. The van der Waals surface area contributed by atoms with Crippen LogP contribution in [-0.4, -0.2) is 121 Å². The Morgan fingerprint density at radius 3 is 2.06 bits per heavy atom. The molecule has 0 aromatic heterocycles. The van der Waals surface area contributed by atoms with Crippen LogP contribution < -0.4 is 35.4 Å².